The van der Waals surface area contributed by atoms with Gasteiger partial charge in [0.1, 0.15) is 0 Å². The van der Waals surface area contributed by atoms with Gasteiger partial charge < -0.3 is 10.1 Å². The Morgan fingerprint density at radius 1 is 0.600 bits per heavy atom. The summed E-state index contributed by atoms with van der Waals surface area (Å²) in [4.78, 5) is 23.8. The van der Waals surface area contributed by atoms with Crippen molar-refractivity contribution in [1.29, 1.82) is 0 Å². The van der Waals surface area contributed by atoms with E-state index in [2.05, 4.69) is 12.2 Å². The van der Waals surface area contributed by atoms with Gasteiger partial charge in [0, 0.05) is 12.1 Å². The van der Waals surface area contributed by atoms with E-state index in [1.165, 1.54) is 109 Å². The van der Waals surface area contributed by atoms with Crippen LogP contribution in [0.25, 0.3) is 0 Å². The minimum Gasteiger partial charge on any atom is -0.462 e. The van der Waals surface area contributed by atoms with Crippen molar-refractivity contribution >= 4 is 17.6 Å². The number of carbonyl (C=O) groups excluding carboxylic acids is 2. The molecule has 35 heavy (non-hydrogen) atoms. The number of benzene rings is 1. The molecule has 0 atom stereocenters. The van der Waals surface area contributed by atoms with Gasteiger partial charge in [-0.2, -0.15) is 0 Å². The van der Waals surface area contributed by atoms with E-state index in [-0.39, 0.29) is 11.9 Å². The molecule has 0 heterocycles. The molecule has 0 unspecified atom stereocenters. The maximum atomic E-state index is 12.1. The fraction of sp³-hybridized carbons (Fsp3) is 0.742. The van der Waals surface area contributed by atoms with Crippen molar-refractivity contribution in [3.8, 4) is 0 Å². The molecule has 0 fully saturated rings. The Bertz CT molecular complexity index is 641. The molecule has 1 aromatic carbocycles. The molecule has 1 N–H and O–H groups in total. The zero-order valence-corrected chi connectivity index (χ0v) is 22.9. The smallest absolute Gasteiger partial charge is 0.338 e. The van der Waals surface area contributed by atoms with Crippen LogP contribution in [-0.4, -0.2) is 18.5 Å². The second kappa shape index (κ2) is 22.6. The van der Waals surface area contributed by atoms with Gasteiger partial charge in [0.2, 0.25) is 5.91 Å². The Kier molecular flexibility index (Phi) is 20.2. The summed E-state index contributed by atoms with van der Waals surface area (Å²) in [5.74, 6) is -0.291. The molecule has 4 heteroatoms. The van der Waals surface area contributed by atoms with Gasteiger partial charge in [0.05, 0.1) is 12.2 Å². The molecule has 0 aliphatic rings. The monoisotopic (exact) mass is 487 g/mol. The molecule has 0 radical (unpaired) electrons. The number of hydrogen-bond acceptors (Lipinski definition) is 3. The molecule has 4 nitrogen and oxygen atoms in total. The summed E-state index contributed by atoms with van der Waals surface area (Å²) in [6.45, 7) is 4.43. The highest BCUT2D eigenvalue weighted by molar-refractivity contribution is 5.93. The average Bonchev–Trinajstić information content (AvgIpc) is 2.86. The third-order valence-corrected chi connectivity index (χ3v) is 6.69. The van der Waals surface area contributed by atoms with E-state index in [0.29, 0.717) is 18.6 Å². The van der Waals surface area contributed by atoms with Crippen molar-refractivity contribution < 1.29 is 14.3 Å². The predicted molar refractivity (Wildman–Crippen MR) is 149 cm³/mol. The molecule has 0 spiro atoms. The van der Waals surface area contributed by atoms with E-state index in [0.717, 1.165) is 18.5 Å². The first-order valence-electron chi connectivity index (χ1n) is 14.7. The molecule has 0 aromatic heterocycles. The van der Waals surface area contributed by atoms with Crippen LogP contribution in [0.1, 0.15) is 153 Å². The van der Waals surface area contributed by atoms with Crippen molar-refractivity contribution in [1.82, 2.24) is 0 Å². The first-order valence-corrected chi connectivity index (χ1v) is 14.7. The Morgan fingerprint density at radius 2 is 1.00 bits per heavy atom. The van der Waals surface area contributed by atoms with Crippen molar-refractivity contribution in [3.05, 3.63) is 29.8 Å². The molecule has 0 saturated heterocycles. The minimum atomic E-state index is -0.334. The standard InChI is InChI=1S/C31H53NO3/c1-3-5-6-7-8-9-10-11-12-13-14-15-16-17-18-19-20-21-22-23-30(33)32-29-26-24-28(25-27-29)31(34)35-4-2/h24-27H,3-23H2,1-2H3,(H,32,33). The third-order valence-electron chi connectivity index (χ3n) is 6.69. The summed E-state index contributed by atoms with van der Waals surface area (Å²) in [6, 6.07) is 6.87. The largest absolute Gasteiger partial charge is 0.462 e. The number of amides is 1. The van der Waals surface area contributed by atoms with Crippen molar-refractivity contribution in [2.24, 2.45) is 0 Å². The molecule has 0 bridgehead atoms. The molecule has 0 aliphatic carbocycles. The minimum absolute atomic E-state index is 0.0425. The second-order valence-corrected chi connectivity index (χ2v) is 9.96. The normalized spacial score (nSPS) is 10.9. The van der Waals surface area contributed by atoms with Gasteiger partial charge in [-0.25, -0.2) is 4.79 Å². The maximum Gasteiger partial charge on any atom is 0.338 e. The Hall–Kier alpha value is -1.84. The van der Waals surface area contributed by atoms with Gasteiger partial charge in [-0.15, -0.1) is 0 Å². The highest BCUT2D eigenvalue weighted by Gasteiger charge is 2.07. The summed E-state index contributed by atoms with van der Waals surface area (Å²) >= 11 is 0. The first-order chi connectivity index (χ1) is 17.2. The SMILES string of the molecule is CCCCCCCCCCCCCCCCCCCCCC(=O)Nc1ccc(C(=O)OCC)cc1. The number of rotatable bonds is 23. The highest BCUT2D eigenvalue weighted by Crippen LogP contribution is 2.15. The Balaban J connectivity index is 1.85. The van der Waals surface area contributed by atoms with Crippen molar-refractivity contribution in [2.75, 3.05) is 11.9 Å². The maximum absolute atomic E-state index is 12.1. The number of carbonyl (C=O) groups is 2. The molecule has 0 saturated carbocycles. The molecule has 1 amide bonds. The molecule has 200 valence electrons. The van der Waals surface area contributed by atoms with E-state index < -0.39 is 0 Å². The lowest BCUT2D eigenvalue weighted by Gasteiger charge is -2.07. The average molecular weight is 488 g/mol. The van der Waals surface area contributed by atoms with Crippen LogP contribution >= 0.6 is 0 Å². The van der Waals surface area contributed by atoms with Crippen LogP contribution in [0.2, 0.25) is 0 Å². The number of esters is 1. The zero-order chi connectivity index (χ0) is 25.4. The highest BCUT2D eigenvalue weighted by atomic mass is 16.5. The van der Waals surface area contributed by atoms with Crippen LogP contribution in [0, 0.1) is 0 Å². The van der Waals surface area contributed by atoms with Crippen LogP contribution in [0.4, 0.5) is 5.69 Å². The topological polar surface area (TPSA) is 55.4 Å². The second-order valence-electron chi connectivity index (χ2n) is 9.96. The number of nitrogens with one attached hydrogen (secondary N) is 1. The lowest BCUT2D eigenvalue weighted by atomic mass is 10.0. The van der Waals surface area contributed by atoms with Gasteiger partial charge in [-0.05, 0) is 37.6 Å². The molecule has 1 aromatic rings. The van der Waals surface area contributed by atoms with Crippen LogP contribution in [0.3, 0.4) is 0 Å². The molecule has 1 rings (SSSR count). The number of anilines is 1. The molecule has 0 aliphatic heterocycles. The zero-order valence-electron chi connectivity index (χ0n) is 22.9. The fourth-order valence-corrected chi connectivity index (χ4v) is 4.49. The summed E-state index contributed by atoms with van der Waals surface area (Å²) in [5, 5.41) is 2.91. The summed E-state index contributed by atoms with van der Waals surface area (Å²) < 4.78 is 4.97. The Labute approximate surface area is 216 Å². The summed E-state index contributed by atoms with van der Waals surface area (Å²) in [7, 11) is 0. The summed E-state index contributed by atoms with van der Waals surface area (Å²) in [5.41, 5.74) is 1.23. The lowest BCUT2D eigenvalue weighted by Crippen LogP contribution is -2.11. The fourth-order valence-electron chi connectivity index (χ4n) is 4.49. The van der Waals surface area contributed by atoms with Crippen molar-refractivity contribution in [3.63, 3.8) is 0 Å². The molecular weight excluding hydrogens is 434 g/mol. The van der Waals surface area contributed by atoms with Crippen LogP contribution in [-0.2, 0) is 9.53 Å². The lowest BCUT2D eigenvalue weighted by molar-refractivity contribution is -0.116. The van der Waals surface area contributed by atoms with Gasteiger partial charge in [0.25, 0.3) is 0 Å². The molecular formula is C31H53NO3. The van der Waals surface area contributed by atoms with E-state index in [1.807, 2.05) is 0 Å². The Morgan fingerprint density at radius 3 is 1.40 bits per heavy atom. The third kappa shape index (κ3) is 18.1. The van der Waals surface area contributed by atoms with E-state index in [9.17, 15) is 9.59 Å². The van der Waals surface area contributed by atoms with E-state index >= 15 is 0 Å². The quantitative estimate of drug-likeness (QED) is 0.123. The van der Waals surface area contributed by atoms with Crippen molar-refractivity contribution in [2.45, 2.75) is 142 Å². The van der Waals surface area contributed by atoms with Gasteiger partial charge in [0.15, 0.2) is 0 Å². The van der Waals surface area contributed by atoms with E-state index in [1.54, 1.807) is 31.2 Å². The van der Waals surface area contributed by atoms with Crippen LogP contribution < -0.4 is 5.32 Å². The first kappa shape index (κ1) is 31.2. The number of ether oxygens (including phenoxy) is 1. The van der Waals surface area contributed by atoms with Gasteiger partial charge >= 0.3 is 5.97 Å². The number of unbranched alkanes of at least 4 members (excludes halogenated alkanes) is 18. The predicted octanol–water partition coefficient (Wildman–Crippen LogP) is 9.62. The van der Waals surface area contributed by atoms with Gasteiger partial charge in [-0.3, -0.25) is 4.79 Å². The number of hydrogen-bond donors (Lipinski definition) is 1. The van der Waals surface area contributed by atoms with Crippen LogP contribution in [0.15, 0.2) is 24.3 Å². The van der Waals surface area contributed by atoms with Crippen LogP contribution in [0.5, 0.6) is 0 Å². The van der Waals surface area contributed by atoms with Gasteiger partial charge in [-0.1, -0.05) is 122 Å². The van der Waals surface area contributed by atoms with E-state index in [4.69, 9.17) is 4.74 Å². The summed E-state index contributed by atoms with van der Waals surface area (Å²) in [6.07, 6.45) is 26.3.